The van der Waals surface area contributed by atoms with E-state index in [-0.39, 0.29) is 69.5 Å². The third kappa shape index (κ3) is 3.12. The largest absolute Gasteiger partial charge is 0.469 e. The predicted octanol–water partition coefficient (Wildman–Crippen LogP) is 5.29. The van der Waals surface area contributed by atoms with E-state index in [1.807, 2.05) is 6.08 Å². The molecule has 0 aromatic rings. The SMILES string of the molecule is COC(=O)[C@]12CCC(C)(C)C[C@H]1[C@H]1C(=O)C=C3[C@@]4(C)CCC(=O)[C@@H](CO)[C@@H]4CC[C@@]3(C)[C@]1(C)CC2. The third-order valence-corrected chi connectivity index (χ3v) is 12.3. The van der Waals surface area contributed by atoms with Gasteiger partial charge in [-0.3, -0.25) is 14.4 Å². The zero-order valence-corrected chi connectivity index (χ0v) is 22.5. The van der Waals surface area contributed by atoms with Crippen molar-refractivity contribution in [3.05, 3.63) is 11.6 Å². The van der Waals surface area contributed by atoms with Crippen molar-refractivity contribution in [2.45, 2.75) is 92.4 Å². The fourth-order valence-electron chi connectivity index (χ4n) is 10.0. The van der Waals surface area contributed by atoms with Crippen molar-refractivity contribution in [1.82, 2.24) is 0 Å². The average molecular weight is 485 g/mol. The first-order valence-corrected chi connectivity index (χ1v) is 13.8. The van der Waals surface area contributed by atoms with Crippen LogP contribution in [0.2, 0.25) is 0 Å². The number of hydrogen-bond donors (Lipinski definition) is 1. The smallest absolute Gasteiger partial charge is 0.312 e. The van der Waals surface area contributed by atoms with Crippen LogP contribution in [-0.4, -0.2) is 36.4 Å². The second kappa shape index (κ2) is 7.76. The number of esters is 1. The molecule has 5 aliphatic rings. The van der Waals surface area contributed by atoms with Gasteiger partial charge < -0.3 is 9.84 Å². The Bertz CT molecular complexity index is 995. The molecular formula is C30H44O5. The summed E-state index contributed by atoms with van der Waals surface area (Å²) in [6.07, 6.45) is 9.27. The molecule has 0 aromatic heterocycles. The van der Waals surface area contributed by atoms with E-state index in [0.29, 0.717) is 6.42 Å². The molecule has 194 valence electrons. The molecule has 0 aromatic carbocycles. The van der Waals surface area contributed by atoms with E-state index in [9.17, 15) is 19.5 Å². The van der Waals surface area contributed by atoms with Gasteiger partial charge in [-0.15, -0.1) is 0 Å². The van der Waals surface area contributed by atoms with E-state index in [4.69, 9.17) is 4.74 Å². The van der Waals surface area contributed by atoms with Crippen molar-refractivity contribution in [3.63, 3.8) is 0 Å². The molecule has 35 heavy (non-hydrogen) atoms. The van der Waals surface area contributed by atoms with Gasteiger partial charge in [-0.05, 0) is 90.9 Å². The fraction of sp³-hybridized carbons (Fsp3) is 0.833. The van der Waals surface area contributed by atoms with Crippen LogP contribution in [0.4, 0.5) is 0 Å². The summed E-state index contributed by atoms with van der Waals surface area (Å²) >= 11 is 0. The average Bonchev–Trinajstić information content (AvgIpc) is 2.80. The van der Waals surface area contributed by atoms with Crippen molar-refractivity contribution in [1.29, 1.82) is 0 Å². The summed E-state index contributed by atoms with van der Waals surface area (Å²) in [5, 5.41) is 10.1. The van der Waals surface area contributed by atoms with Gasteiger partial charge in [-0.25, -0.2) is 0 Å². The predicted molar refractivity (Wildman–Crippen MR) is 133 cm³/mol. The maximum atomic E-state index is 14.2. The summed E-state index contributed by atoms with van der Waals surface area (Å²) in [6, 6.07) is 0. The van der Waals surface area contributed by atoms with Gasteiger partial charge in [0.15, 0.2) is 5.78 Å². The molecule has 5 nitrogen and oxygen atoms in total. The summed E-state index contributed by atoms with van der Waals surface area (Å²) in [5.41, 5.74) is 0.0893. The quantitative estimate of drug-likeness (QED) is 0.539. The Labute approximate surface area is 210 Å². The van der Waals surface area contributed by atoms with Crippen molar-refractivity contribution in [2.24, 2.45) is 50.7 Å². The Balaban J connectivity index is 1.64. The van der Waals surface area contributed by atoms with E-state index >= 15 is 0 Å². The Kier molecular flexibility index (Phi) is 5.58. The van der Waals surface area contributed by atoms with Crippen LogP contribution in [0.3, 0.4) is 0 Å². The molecule has 4 saturated carbocycles. The summed E-state index contributed by atoms with van der Waals surface area (Å²) in [6.45, 7) is 11.4. The number of ether oxygens (including phenoxy) is 1. The minimum Gasteiger partial charge on any atom is -0.469 e. The van der Waals surface area contributed by atoms with Crippen molar-refractivity contribution >= 4 is 17.5 Å². The first-order valence-electron chi connectivity index (χ1n) is 13.8. The molecule has 0 amide bonds. The van der Waals surface area contributed by atoms with Crippen molar-refractivity contribution in [3.8, 4) is 0 Å². The molecule has 0 aliphatic heterocycles. The van der Waals surface area contributed by atoms with Gasteiger partial charge in [-0.2, -0.15) is 0 Å². The number of carbonyl (C=O) groups is 3. The van der Waals surface area contributed by atoms with E-state index in [1.54, 1.807) is 0 Å². The van der Waals surface area contributed by atoms with Gasteiger partial charge in [0.1, 0.15) is 5.78 Å². The number of ketones is 2. The van der Waals surface area contributed by atoms with Crippen molar-refractivity contribution < 1.29 is 24.2 Å². The number of hydrogen-bond acceptors (Lipinski definition) is 5. The highest BCUT2D eigenvalue weighted by Crippen LogP contribution is 2.74. The fourth-order valence-corrected chi connectivity index (χ4v) is 10.0. The van der Waals surface area contributed by atoms with Crippen LogP contribution in [0.5, 0.6) is 0 Å². The third-order valence-electron chi connectivity index (χ3n) is 12.3. The zero-order valence-electron chi connectivity index (χ0n) is 22.5. The Hall–Kier alpha value is -1.49. The summed E-state index contributed by atoms with van der Waals surface area (Å²) in [4.78, 5) is 40.2. The van der Waals surface area contributed by atoms with E-state index in [0.717, 1.165) is 51.4 Å². The molecule has 0 spiro atoms. The molecule has 5 rings (SSSR count). The second-order valence-corrected chi connectivity index (χ2v) is 14.1. The van der Waals surface area contributed by atoms with Crippen LogP contribution in [0.1, 0.15) is 92.4 Å². The topological polar surface area (TPSA) is 80.7 Å². The molecular weight excluding hydrogens is 440 g/mol. The highest BCUT2D eigenvalue weighted by atomic mass is 16.5. The van der Waals surface area contributed by atoms with Gasteiger partial charge in [0.05, 0.1) is 19.1 Å². The zero-order chi connectivity index (χ0) is 25.6. The Morgan fingerprint density at radius 2 is 1.69 bits per heavy atom. The molecule has 0 unspecified atom stereocenters. The van der Waals surface area contributed by atoms with Crippen LogP contribution in [0, 0.1) is 50.7 Å². The van der Waals surface area contributed by atoms with Crippen LogP contribution in [0.25, 0.3) is 0 Å². The Morgan fingerprint density at radius 3 is 2.34 bits per heavy atom. The molecule has 1 N–H and O–H groups in total. The maximum Gasteiger partial charge on any atom is 0.312 e. The van der Waals surface area contributed by atoms with Gasteiger partial charge in [0.2, 0.25) is 0 Å². The lowest BCUT2D eigenvalue weighted by atomic mass is 9.34. The lowest BCUT2D eigenvalue weighted by Crippen LogP contribution is -2.65. The number of allylic oxidation sites excluding steroid dienone is 2. The highest BCUT2D eigenvalue weighted by Gasteiger charge is 2.70. The highest BCUT2D eigenvalue weighted by molar-refractivity contribution is 5.96. The number of carbonyl (C=O) groups excluding carboxylic acids is 3. The number of aliphatic hydroxyl groups excluding tert-OH is 1. The lowest BCUT2D eigenvalue weighted by Gasteiger charge is -2.68. The molecule has 8 atom stereocenters. The maximum absolute atomic E-state index is 14.2. The van der Waals surface area contributed by atoms with Crippen LogP contribution in [-0.2, 0) is 19.1 Å². The molecule has 0 bridgehead atoms. The van der Waals surface area contributed by atoms with Gasteiger partial charge in [0.25, 0.3) is 0 Å². The molecule has 0 heterocycles. The number of rotatable bonds is 2. The van der Waals surface area contributed by atoms with Crippen LogP contribution in [0.15, 0.2) is 11.6 Å². The molecule has 0 radical (unpaired) electrons. The van der Waals surface area contributed by atoms with Gasteiger partial charge >= 0.3 is 5.97 Å². The normalized spacial score (nSPS) is 48.6. The molecule has 5 aliphatic carbocycles. The number of fused-ring (bicyclic) bond motifs is 7. The summed E-state index contributed by atoms with van der Waals surface area (Å²) in [5.74, 6) is -0.207. The van der Waals surface area contributed by atoms with Crippen molar-refractivity contribution in [2.75, 3.05) is 13.7 Å². The summed E-state index contributed by atoms with van der Waals surface area (Å²) in [7, 11) is 1.49. The van der Waals surface area contributed by atoms with Gasteiger partial charge in [0, 0.05) is 18.3 Å². The molecule has 5 heteroatoms. The number of aliphatic hydroxyl groups is 1. The minimum absolute atomic E-state index is 0.0109. The first kappa shape index (κ1) is 25.2. The number of Topliss-reactive ketones (excluding diaryl/α,β-unsaturated/α-hetero) is 1. The molecule has 0 saturated heterocycles. The monoisotopic (exact) mass is 484 g/mol. The minimum atomic E-state index is -0.563. The standard InChI is InChI=1S/C30H44O5/c1-26(2)11-13-30(25(34)35-6)14-12-29(5)24(20(30)16-26)22(33)15-23-27(3)9-8-21(32)18(17-31)19(27)7-10-28(23,29)4/h15,18-20,24,31H,7-14,16-17H2,1-6H3/t18-,19-,20-,24-,27-,28+,29+,30-/m0/s1. The van der Waals surface area contributed by atoms with E-state index in [1.165, 1.54) is 12.7 Å². The van der Waals surface area contributed by atoms with E-state index < -0.39 is 5.41 Å². The van der Waals surface area contributed by atoms with E-state index in [2.05, 4.69) is 34.6 Å². The first-order chi connectivity index (χ1) is 16.3. The number of methoxy groups -OCH3 is 1. The molecule has 4 fully saturated rings. The van der Waals surface area contributed by atoms with Crippen LogP contribution >= 0.6 is 0 Å². The summed E-state index contributed by atoms with van der Waals surface area (Å²) < 4.78 is 5.40. The van der Waals surface area contributed by atoms with Gasteiger partial charge in [-0.1, -0.05) is 40.2 Å². The van der Waals surface area contributed by atoms with Crippen LogP contribution < -0.4 is 0 Å². The Morgan fingerprint density at radius 1 is 1.00 bits per heavy atom. The second-order valence-electron chi connectivity index (χ2n) is 14.1. The lowest BCUT2D eigenvalue weighted by molar-refractivity contribution is -0.191.